The summed E-state index contributed by atoms with van der Waals surface area (Å²) in [5.74, 6) is 1.10. The number of fused-ring (bicyclic) bond motifs is 1. The van der Waals surface area contributed by atoms with E-state index in [-0.39, 0.29) is 18.3 Å². The summed E-state index contributed by atoms with van der Waals surface area (Å²) in [6.45, 7) is 5.65. The molecule has 1 aromatic heterocycles. The van der Waals surface area contributed by atoms with Gasteiger partial charge in [0.05, 0.1) is 10.2 Å². The van der Waals surface area contributed by atoms with E-state index < -0.39 is 0 Å². The molecule has 0 unspecified atom stereocenters. The van der Waals surface area contributed by atoms with Crippen LogP contribution in [0.5, 0.6) is 0 Å². The molecule has 0 spiro atoms. The van der Waals surface area contributed by atoms with Gasteiger partial charge in [-0.15, -0.1) is 24.2 Å². The molecule has 0 bridgehead atoms. The average Bonchev–Trinajstić information content (AvgIpc) is 3.12. The van der Waals surface area contributed by atoms with Gasteiger partial charge in [0, 0.05) is 24.4 Å². The van der Waals surface area contributed by atoms with Crippen molar-refractivity contribution in [2.45, 2.75) is 31.6 Å². The molecular formula is C23H30ClN3OS2. The lowest BCUT2D eigenvalue weighted by Crippen LogP contribution is -2.36. The molecule has 3 rings (SSSR count). The topological polar surface area (TPSA) is 36.4 Å². The number of aryl methyl sites for hydroxylation is 2. The molecule has 1 heterocycles. The molecule has 162 valence electrons. The van der Waals surface area contributed by atoms with Crippen molar-refractivity contribution in [2.24, 2.45) is 0 Å². The Balaban J connectivity index is 0.00000320. The van der Waals surface area contributed by atoms with Crippen molar-refractivity contribution in [3.63, 3.8) is 0 Å². The highest BCUT2D eigenvalue weighted by atomic mass is 35.5. The van der Waals surface area contributed by atoms with Gasteiger partial charge in [0.1, 0.15) is 0 Å². The van der Waals surface area contributed by atoms with Gasteiger partial charge in [-0.25, -0.2) is 4.98 Å². The summed E-state index contributed by atoms with van der Waals surface area (Å²) in [5.41, 5.74) is 3.43. The number of thiazole rings is 1. The highest BCUT2D eigenvalue weighted by molar-refractivity contribution is 7.99. The van der Waals surface area contributed by atoms with E-state index in [2.05, 4.69) is 55.1 Å². The fraction of sp³-hybridized carbons (Fsp3) is 0.391. The van der Waals surface area contributed by atoms with Crippen LogP contribution in [0.1, 0.15) is 24.0 Å². The third-order valence-corrected chi connectivity index (χ3v) is 6.88. The molecule has 0 aliphatic heterocycles. The Morgan fingerprint density at radius 2 is 1.80 bits per heavy atom. The van der Waals surface area contributed by atoms with Crippen LogP contribution in [-0.4, -0.2) is 48.7 Å². The minimum absolute atomic E-state index is 0. The van der Waals surface area contributed by atoms with Crippen LogP contribution in [0, 0.1) is 13.8 Å². The van der Waals surface area contributed by atoms with Crippen molar-refractivity contribution in [1.29, 1.82) is 0 Å². The fourth-order valence-electron chi connectivity index (χ4n) is 3.00. The number of rotatable bonds is 9. The zero-order chi connectivity index (χ0) is 20.8. The first kappa shape index (κ1) is 24.7. The predicted molar refractivity (Wildman–Crippen MR) is 134 cm³/mol. The number of carbonyl (C=O) groups is 1. The Hall–Kier alpha value is -1.60. The van der Waals surface area contributed by atoms with E-state index in [1.165, 1.54) is 10.5 Å². The molecule has 0 aliphatic rings. The van der Waals surface area contributed by atoms with Gasteiger partial charge in [-0.2, -0.15) is 0 Å². The number of carbonyl (C=O) groups excluding carboxylic acids is 1. The predicted octanol–water partition coefficient (Wildman–Crippen LogP) is 5.80. The van der Waals surface area contributed by atoms with Crippen molar-refractivity contribution in [3.8, 4) is 0 Å². The minimum atomic E-state index is 0. The monoisotopic (exact) mass is 463 g/mol. The SMILES string of the molecule is Cc1ccc(SCCCC(=O)N(CCN(C)C)c2nc3c(C)cccc3s2)cc1.Cl. The van der Waals surface area contributed by atoms with E-state index in [1.807, 2.05) is 36.8 Å². The maximum atomic E-state index is 13.0. The number of thioether (sulfide) groups is 1. The molecule has 0 radical (unpaired) electrons. The number of hydrogen-bond donors (Lipinski definition) is 0. The second kappa shape index (κ2) is 11.7. The summed E-state index contributed by atoms with van der Waals surface area (Å²) < 4.78 is 1.14. The largest absolute Gasteiger partial charge is 0.308 e. The van der Waals surface area contributed by atoms with Crippen molar-refractivity contribution in [1.82, 2.24) is 9.88 Å². The lowest BCUT2D eigenvalue weighted by Gasteiger charge is -2.22. The summed E-state index contributed by atoms with van der Waals surface area (Å²) in [6.07, 6.45) is 1.40. The first-order valence-corrected chi connectivity index (χ1v) is 11.7. The lowest BCUT2D eigenvalue weighted by molar-refractivity contribution is -0.118. The number of likely N-dealkylation sites (N-methyl/N-ethyl adjacent to an activating group) is 1. The second-order valence-corrected chi connectivity index (χ2v) is 9.71. The standard InChI is InChI=1S/C23H29N3OS2.ClH/c1-17-10-12-19(13-11-17)28-16-6-9-21(27)26(15-14-25(3)4)23-24-22-18(2)7-5-8-20(22)29-23;/h5,7-8,10-13H,6,9,14-16H2,1-4H3;1H. The molecule has 30 heavy (non-hydrogen) atoms. The van der Waals surface area contributed by atoms with Gasteiger partial charge in [0.2, 0.25) is 5.91 Å². The van der Waals surface area contributed by atoms with Crippen LogP contribution >= 0.6 is 35.5 Å². The second-order valence-electron chi connectivity index (χ2n) is 7.53. The average molecular weight is 464 g/mol. The molecule has 7 heteroatoms. The van der Waals surface area contributed by atoms with E-state index >= 15 is 0 Å². The van der Waals surface area contributed by atoms with E-state index in [9.17, 15) is 4.79 Å². The Kier molecular flexibility index (Phi) is 9.62. The van der Waals surface area contributed by atoms with Crippen LogP contribution in [0.3, 0.4) is 0 Å². The molecule has 2 aromatic carbocycles. The van der Waals surface area contributed by atoms with Crippen LogP contribution in [0.25, 0.3) is 10.2 Å². The number of anilines is 1. The third-order valence-electron chi connectivity index (χ3n) is 4.74. The smallest absolute Gasteiger partial charge is 0.228 e. The van der Waals surface area contributed by atoms with Crippen molar-refractivity contribution in [2.75, 3.05) is 37.8 Å². The number of nitrogens with zero attached hydrogens (tertiary/aromatic N) is 3. The molecule has 0 fully saturated rings. The van der Waals surface area contributed by atoms with Gasteiger partial charge < -0.3 is 4.90 Å². The van der Waals surface area contributed by atoms with Crippen molar-refractivity contribution < 1.29 is 4.79 Å². The zero-order valence-electron chi connectivity index (χ0n) is 18.1. The molecule has 3 aromatic rings. The lowest BCUT2D eigenvalue weighted by atomic mass is 10.2. The minimum Gasteiger partial charge on any atom is -0.308 e. The summed E-state index contributed by atoms with van der Waals surface area (Å²) in [5, 5.41) is 0.812. The van der Waals surface area contributed by atoms with Crippen LogP contribution in [0.2, 0.25) is 0 Å². The van der Waals surface area contributed by atoms with Gasteiger partial charge in [-0.05, 0) is 63.9 Å². The van der Waals surface area contributed by atoms with E-state index in [0.29, 0.717) is 13.0 Å². The quantitative estimate of drug-likeness (QED) is 0.296. The van der Waals surface area contributed by atoms with Gasteiger partial charge in [-0.3, -0.25) is 9.69 Å². The number of aromatic nitrogens is 1. The molecule has 0 aliphatic carbocycles. The Morgan fingerprint density at radius 1 is 1.07 bits per heavy atom. The van der Waals surface area contributed by atoms with Gasteiger partial charge in [0.25, 0.3) is 0 Å². The highest BCUT2D eigenvalue weighted by Crippen LogP contribution is 2.31. The highest BCUT2D eigenvalue weighted by Gasteiger charge is 2.20. The zero-order valence-corrected chi connectivity index (χ0v) is 20.5. The third kappa shape index (κ3) is 6.71. The van der Waals surface area contributed by atoms with Crippen LogP contribution < -0.4 is 4.90 Å². The summed E-state index contributed by atoms with van der Waals surface area (Å²) in [6, 6.07) is 14.8. The maximum Gasteiger partial charge on any atom is 0.228 e. The molecule has 4 nitrogen and oxygen atoms in total. The van der Waals surface area contributed by atoms with Crippen molar-refractivity contribution >= 4 is 56.8 Å². The molecule has 0 N–H and O–H groups in total. The summed E-state index contributed by atoms with van der Waals surface area (Å²) in [4.78, 5) is 23.1. The van der Waals surface area contributed by atoms with E-state index in [1.54, 1.807) is 11.3 Å². The molecular weight excluding hydrogens is 434 g/mol. The molecule has 0 saturated carbocycles. The number of hydrogen-bond acceptors (Lipinski definition) is 5. The summed E-state index contributed by atoms with van der Waals surface area (Å²) >= 11 is 3.42. The van der Waals surface area contributed by atoms with Crippen LogP contribution in [-0.2, 0) is 4.79 Å². The van der Waals surface area contributed by atoms with Gasteiger partial charge in [0.15, 0.2) is 5.13 Å². The molecule has 0 atom stereocenters. The summed E-state index contributed by atoms with van der Waals surface area (Å²) in [7, 11) is 4.06. The van der Waals surface area contributed by atoms with E-state index in [4.69, 9.17) is 4.98 Å². The van der Waals surface area contributed by atoms with Gasteiger partial charge >= 0.3 is 0 Å². The number of amides is 1. The normalized spacial score (nSPS) is 11.0. The first-order valence-electron chi connectivity index (χ1n) is 9.95. The van der Waals surface area contributed by atoms with Crippen LogP contribution in [0.15, 0.2) is 47.4 Å². The fourth-order valence-corrected chi connectivity index (χ4v) is 4.94. The number of halogens is 1. The Bertz CT molecular complexity index is 957. The van der Waals surface area contributed by atoms with Gasteiger partial charge in [-0.1, -0.05) is 41.2 Å². The number of para-hydroxylation sites is 1. The van der Waals surface area contributed by atoms with Crippen molar-refractivity contribution in [3.05, 3.63) is 53.6 Å². The van der Waals surface area contributed by atoms with E-state index in [0.717, 1.165) is 39.6 Å². The first-order chi connectivity index (χ1) is 13.9. The Labute approximate surface area is 194 Å². The Morgan fingerprint density at radius 3 is 2.47 bits per heavy atom. The van der Waals surface area contributed by atoms with Crippen LogP contribution in [0.4, 0.5) is 5.13 Å². The molecule has 1 amide bonds. The molecule has 0 saturated heterocycles. The number of benzene rings is 2. The maximum absolute atomic E-state index is 13.0.